The van der Waals surface area contributed by atoms with Crippen LogP contribution in [0.4, 0.5) is 0 Å². The van der Waals surface area contributed by atoms with E-state index in [0.717, 1.165) is 0 Å². The Morgan fingerprint density at radius 3 is 2.43 bits per heavy atom. The first-order valence-electron chi connectivity index (χ1n) is 7.38. The zero-order chi connectivity index (χ0) is 17.0. The van der Waals surface area contributed by atoms with Gasteiger partial charge in [-0.3, -0.25) is 9.59 Å². The number of carbonyl (C=O) groups is 2. The number of benzene rings is 1. The van der Waals surface area contributed by atoms with E-state index >= 15 is 0 Å². The lowest BCUT2D eigenvalue weighted by Gasteiger charge is -2.31. The van der Waals surface area contributed by atoms with Crippen molar-refractivity contribution in [3.8, 4) is 11.5 Å². The molecule has 0 bridgehead atoms. The Balaban J connectivity index is 2.10. The first-order valence-corrected chi connectivity index (χ1v) is 8.18. The number of methoxy groups -OCH3 is 2. The fourth-order valence-corrected chi connectivity index (χ4v) is 3.42. The van der Waals surface area contributed by atoms with Crippen molar-refractivity contribution in [3.05, 3.63) is 22.2 Å². The Kier molecular flexibility index (Phi) is 5.87. The second-order valence-corrected chi connectivity index (χ2v) is 6.38. The molecule has 23 heavy (non-hydrogen) atoms. The van der Waals surface area contributed by atoms with Gasteiger partial charge in [0, 0.05) is 25.1 Å². The number of likely N-dealkylation sites (tertiary alicyclic amines) is 1. The highest BCUT2D eigenvalue weighted by Gasteiger charge is 2.26. The molecule has 0 saturated carbocycles. The monoisotopic (exact) mass is 385 g/mol. The predicted octanol–water partition coefficient (Wildman–Crippen LogP) is 2.79. The number of hydrogen-bond acceptors (Lipinski definition) is 4. The Morgan fingerprint density at radius 2 is 1.91 bits per heavy atom. The molecule has 1 amide bonds. The van der Waals surface area contributed by atoms with Crippen LogP contribution in [-0.2, 0) is 4.79 Å². The molecule has 0 radical (unpaired) electrons. The highest BCUT2D eigenvalue weighted by Crippen LogP contribution is 2.36. The minimum atomic E-state index is -0.779. The van der Waals surface area contributed by atoms with Crippen molar-refractivity contribution in [1.82, 2.24) is 4.90 Å². The summed E-state index contributed by atoms with van der Waals surface area (Å²) in [7, 11) is 3.06. The van der Waals surface area contributed by atoms with Crippen molar-refractivity contribution in [3.63, 3.8) is 0 Å². The number of hydrogen-bond donors (Lipinski definition) is 1. The summed E-state index contributed by atoms with van der Waals surface area (Å²) in [6.45, 7) is 1.14. The molecule has 0 unspecified atom stereocenters. The van der Waals surface area contributed by atoms with Gasteiger partial charge in [-0.1, -0.05) is 0 Å². The fourth-order valence-electron chi connectivity index (χ4n) is 2.81. The Morgan fingerprint density at radius 1 is 1.26 bits per heavy atom. The van der Waals surface area contributed by atoms with Gasteiger partial charge in [-0.2, -0.15) is 0 Å². The number of carboxylic acids is 1. The second kappa shape index (κ2) is 7.68. The van der Waals surface area contributed by atoms with Crippen molar-refractivity contribution in [2.45, 2.75) is 19.3 Å². The average molecular weight is 386 g/mol. The van der Waals surface area contributed by atoms with Gasteiger partial charge < -0.3 is 19.5 Å². The van der Waals surface area contributed by atoms with Crippen LogP contribution < -0.4 is 9.47 Å². The molecular weight excluding hydrogens is 366 g/mol. The molecule has 0 aliphatic carbocycles. The first-order chi connectivity index (χ1) is 11.0. The van der Waals surface area contributed by atoms with E-state index in [0.29, 0.717) is 47.5 Å². The molecule has 1 fully saturated rings. The lowest BCUT2D eigenvalue weighted by molar-refractivity contribution is -0.138. The molecule has 0 spiro atoms. The van der Waals surface area contributed by atoms with Crippen LogP contribution in [0.3, 0.4) is 0 Å². The molecule has 7 heteroatoms. The van der Waals surface area contributed by atoms with Crippen LogP contribution in [-0.4, -0.2) is 49.2 Å². The average Bonchev–Trinajstić information content (AvgIpc) is 2.53. The third-order valence-electron chi connectivity index (χ3n) is 4.05. The molecule has 1 N–H and O–H groups in total. The zero-order valence-corrected chi connectivity index (χ0v) is 14.8. The number of nitrogens with zero attached hydrogens (tertiary/aromatic N) is 1. The molecule has 2 rings (SSSR count). The van der Waals surface area contributed by atoms with Gasteiger partial charge in [-0.15, -0.1) is 0 Å². The van der Waals surface area contributed by atoms with Gasteiger partial charge in [0.2, 0.25) is 0 Å². The summed E-state index contributed by atoms with van der Waals surface area (Å²) in [6, 6.07) is 3.38. The number of halogens is 1. The van der Waals surface area contributed by atoms with E-state index < -0.39 is 5.97 Å². The summed E-state index contributed by atoms with van der Waals surface area (Å²) in [5, 5.41) is 8.84. The molecule has 126 valence electrons. The van der Waals surface area contributed by atoms with Gasteiger partial charge >= 0.3 is 5.97 Å². The number of aliphatic carboxylic acids is 1. The maximum atomic E-state index is 12.6. The standard InChI is InChI=1S/C16H20BrNO5/c1-22-13-9-11(8-12(17)15(13)23-2)16(21)18-5-3-10(4-6-18)7-14(19)20/h8-10H,3-7H2,1-2H3,(H,19,20). The Hall–Kier alpha value is -1.76. The van der Waals surface area contributed by atoms with Gasteiger partial charge in [0.05, 0.1) is 18.7 Å². The SMILES string of the molecule is COc1cc(C(=O)N2CCC(CC(=O)O)CC2)cc(Br)c1OC. The fraction of sp³-hybridized carbons (Fsp3) is 0.500. The van der Waals surface area contributed by atoms with E-state index in [-0.39, 0.29) is 18.2 Å². The summed E-state index contributed by atoms with van der Waals surface area (Å²) in [5.74, 6) is 0.322. The minimum absolute atomic E-state index is 0.0829. The summed E-state index contributed by atoms with van der Waals surface area (Å²) in [5.41, 5.74) is 0.520. The Bertz CT molecular complexity index is 596. The number of carbonyl (C=O) groups excluding carboxylic acids is 1. The maximum Gasteiger partial charge on any atom is 0.303 e. The van der Waals surface area contributed by atoms with Crippen LogP contribution in [0.2, 0.25) is 0 Å². The summed E-state index contributed by atoms with van der Waals surface area (Å²) >= 11 is 3.39. The second-order valence-electron chi connectivity index (χ2n) is 5.53. The quantitative estimate of drug-likeness (QED) is 0.842. The third kappa shape index (κ3) is 4.16. The highest BCUT2D eigenvalue weighted by molar-refractivity contribution is 9.10. The van der Waals surface area contributed by atoms with Crippen molar-refractivity contribution >= 4 is 27.8 Å². The van der Waals surface area contributed by atoms with Gasteiger partial charge in [0.15, 0.2) is 11.5 Å². The highest BCUT2D eigenvalue weighted by atomic mass is 79.9. The molecule has 1 heterocycles. The smallest absolute Gasteiger partial charge is 0.303 e. The van der Waals surface area contributed by atoms with Crippen molar-refractivity contribution in [2.24, 2.45) is 5.92 Å². The van der Waals surface area contributed by atoms with E-state index in [1.54, 1.807) is 17.0 Å². The summed E-state index contributed by atoms with van der Waals surface area (Å²) < 4.78 is 11.2. The minimum Gasteiger partial charge on any atom is -0.493 e. The van der Waals surface area contributed by atoms with Gasteiger partial charge in [-0.05, 0) is 46.8 Å². The molecule has 1 aliphatic heterocycles. The number of piperidine rings is 1. The van der Waals surface area contributed by atoms with E-state index in [1.807, 2.05) is 0 Å². The topological polar surface area (TPSA) is 76.1 Å². The van der Waals surface area contributed by atoms with Crippen molar-refractivity contribution < 1.29 is 24.2 Å². The normalized spacial score (nSPS) is 15.3. The number of rotatable bonds is 5. The summed E-state index contributed by atoms with van der Waals surface area (Å²) in [4.78, 5) is 25.2. The number of amides is 1. The molecule has 0 aromatic heterocycles. The Labute approximate surface area is 143 Å². The third-order valence-corrected chi connectivity index (χ3v) is 4.63. The van der Waals surface area contributed by atoms with Crippen LogP contribution in [0.25, 0.3) is 0 Å². The van der Waals surface area contributed by atoms with Gasteiger partial charge in [0.1, 0.15) is 0 Å². The molecule has 1 aliphatic rings. The molecular formula is C16H20BrNO5. The van der Waals surface area contributed by atoms with Crippen molar-refractivity contribution in [2.75, 3.05) is 27.3 Å². The van der Waals surface area contributed by atoms with Gasteiger partial charge in [-0.25, -0.2) is 0 Å². The molecule has 1 aromatic carbocycles. The van der Waals surface area contributed by atoms with Crippen LogP contribution in [0, 0.1) is 5.92 Å². The molecule has 1 saturated heterocycles. The number of ether oxygens (including phenoxy) is 2. The van der Waals surface area contributed by atoms with Crippen LogP contribution in [0.5, 0.6) is 11.5 Å². The van der Waals surface area contributed by atoms with E-state index in [1.165, 1.54) is 14.2 Å². The predicted molar refractivity (Wildman–Crippen MR) is 88.1 cm³/mol. The summed E-state index contributed by atoms with van der Waals surface area (Å²) in [6.07, 6.45) is 1.60. The van der Waals surface area contributed by atoms with E-state index in [2.05, 4.69) is 15.9 Å². The molecule has 6 nitrogen and oxygen atoms in total. The molecule has 1 aromatic rings. The maximum absolute atomic E-state index is 12.6. The molecule has 0 atom stereocenters. The van der Waals surface area contributed by atoms with Crippen LogP contribution in [0.15, 0.2) is 16.6 Å². The first kappa shape index (κ1) is 17.6. The lowest BCUT2D eigenvalue weighted by Crippen LogP contribution is -2.38. The van der Waals surface area contributed by atoms with Crippen molar-refractivity contribution in [1.29, 1.82) is 0 Å². The largest absolute Gasteiger partial charge is 0.493 e. The lowest BCUT2D eigenvalue weighted by atomic mass is 9.93. The van der Waals surface area contributed by atoms with Crippen LogP contribution in [0.1, 0.15) is 29.6 Å². The van der Waals surface area contributed by atoms with Crippen LogP contribution >= 0.6 is 15.9 Å². The van der Waals surface area contributed by atoms with E-state index in [4.69, 9.17) is 14.6 Å². The number of carboxylic acid groups (broad SMARTS) is 1. The zero-order valence-electron chi connectivity index (χ0n) is 13.2. The van der Waals surface area contributed by atoms with Gasteiger partial charge in [0.25, 0.3) is 5.91 Å². The van der Waals surface area contributed by atoms with E-state index in [9.17, 15) is 9.59 Å².